The van der Waals surface area contributed by atoms with E-state index in [4.69, 9.17) is 20.3 Å². The molecule has 0 aromatic rings. The van der Waals surface area contributed by atoms with Crippen molar-refractivity contribution in [3.63, 3.8) is 0 Å². The summed E-state index contributed by atoms with van der Waals surface area (Å²) in [6, 6.07) is -0.817. The van der Waals surface area contributed by atoms with Crippen LogP contribution in [0.25, 0.3) is 0 Å². The SMILES string of the molecule is CC(C)(C)C(=O)OCOC(=O)C(N)[C@H]1CC[C@H](C(=O)O)CC1. The van der Waals surface area contributed by atoms with Crippen molar-refractivity contribution in [2.75, 3.05) is 6.79 Å². The Morgan fingerprint density at radius 3 is 2.14 bits per heavy atom. The van der Waals surface area contributed by atoms with Gasteiger partial charge in [0.15, 0.2) is 0 Å². The molecule has 126 valence electrons. The number of carboxylic acids is 1. The van der Waals surface area contributed by atoms with Crippen LogP contribution in [0.4, 0.5) is 0 Å². The highest BCUT2D eigenvalue weighted by atomic mass is 16.7. The fraction of sp³-hybridized carbons (Fsp3) is 0.800. The van der Waals surface area contributed by atoms with E-state index in [1.54, 1.807) is 20.8 Å². The molecule has 0 aromatic carbocycles. The van der Waals surface area contributed by atoms with Crippen molar-refractivity contribution < 1.29 is 29.0 Å². The Kier molecular flexibility index (Phi) is 6.34. The van der Waals surface area contributed by atoms with Gasteiger partial charge in [-0.1, -0.05) is 0 Å². The molecule has 0 heterocycles. The summed E-state index contributed by atoms with van der Waals surface area (Å²) in [6.45, 7) is 4.64. The van der Waals surface area contributed by atoms with Crippen LogP contribution >= 0.6 is 0 Å². The Morgan fingerprint density at radius 2 is 1.68 bits per heavy atom. The molecule has 3 N–H and O–H groups in total. The average molecular weight is 315 g/mol. The molecule has 0 aromatic heterocycles. The molecular formula is C15H25NO6. The van der Waals surface area contributed by atoms with Gasteiger partial charge in [-0.05, 0) is 52.4 Å². The molecule has 1 aliphatic rings. The van der Waals surface area contributed by atoms with Crippen LogP contribution in [0.15, 0.2) is 0 Å². The summed E-state index contributed by atoms with van der Waals surface area (Å²) in [4.78, 5) is 34.2. The zero-order valence-corrected chi connectivity index (χ0v) is 13.3. The molecule has 1 aliphatic carbocycles. The highest BCUT2D eigenvalue weighted by Gasteiger charge is 2.33. The lowest BCUT2D eigenvalue weighted by atomic mass is 9.79. The lowest BCUT2D eigenvalue weighted by Gasteiger charge is -2.29. The van der Waals surface area contributed by atoms with E-state index in [0.29, 0.717) is 25.7 Å². The van der Waals surface area contributed by atoms with Gasteiger partial charge in [0.2, 0.25) is 6.79 Å². The van der Waals surface area contributed by atoms with Crippen LogP contribution in [-0.4, -0.2) is 35.8 Å². The van der Waals surface area contributed by atoms with Crippen LogP contribution in [0.5, 0.6) is 0 Å². The number of aliphatic carboxylic acids is 1. The van der Waals surface area contributed by atoms with Crippen LogP contribution in [0, 0.1) is 17.3 Å². The Bertz CT molecular complexity index is 420. The van der Waals surface area contributed by atoms with Crippen molar-refractivity contribution in [2.24, 2.45) is 23.0 Å². The zero-order chi connectivity index (χ0) is 16.9. The molecule has 7 heteroatoms. The number of hydrogen-bond donors (Lipinski definition) is 2. The lowest BCUT2D eigenvalue weighted by Crippen LogP contribution is -2.42. The van der Waals surface area contributed by atoms with E-state index in [2.05, 4.69) is 0 Å². The van der Waals surface area contributed by atoms with Crippen LogP contribution in [0.1, 0.15) is 46.5 Å². The minimum absolute atomic E-state index is 0.0959. The Hall–Kier alpha value is -1.63. The average Bonchev–Trinajstić information content (AvgIpc) is 2.45. The maximum absolute atomic E-state index is 11.8. The molecular weight excluding hydrogens is 290 g/mol. The van der Waals surface area contributed by atoms with Crippen LogP contribution < -0.4 is 5.73 Å². The molecule has 7 nitrogen and oxygen atoms in total. The van der Waals surface area contributed by atoms with Crippen LogP contribution in [0.2, 0.25) is 0 Å². The van der Waals surface area contributed by atoms with Gasteiger partial charge < -0.3 is 20.3 Å². The largest absolute Gasteiger partial charge is 0.481 e. The third-order valence-corrected chi connectivity index (χ3v) is 3.90. The lowest BCUT2D eigenvalue weighted by molar-refractivity contribution is -0.174. The predicted molar refractivity (Wildman–Crippen MR) is 77.6 cm³/mol. The molecule has 0 bridgehead atoms. The summed E-state index contributed by atoms with van der Waals surface area (Å²) >= 11 is 0. The van der Waals surface area contributed by atoms with Crippen molar-refractivity contribution in [1.82, 2.24) is 0 Å². The number of carboxylic acid groups (broad SMARTS) is 1. The van der Waals surface area contributed by atoms with Gasteiger partial charge in [0, 0.05) is 0 Å². The first kappa shape index (κ1) is 18.4. The quantitative estimate of drug-likeness (QED) is 0.580. The monoisotopic (exact) mass is 315 g/mol. The van der Waals surface area contributed by atoms with Gasteiger partial charge >= 0.3 is 17.9 Å². The van der Waals surface area contributed by atoms with Gasteiger partial charge in [-0.2, -0.15) is 0 Å². The number of carbonyl (C=O) groups excluding carboxylic acids is 2. The molecule has 0 amide bonds. The van der Waals surface area contributed by atoms with Gasteiger partial charge in [-0.15, -0.1) is 0 Å². The number of nitrogens with two attached hydrogens (primary N) is 1. The molecule has 0 spiro atoms. The molecule has 0 radical (unpaired) electrons. The summed E-state index contributed by atoms with van der Waals surface area (Å²) in [6.07, 6.45) is 2.18. The smallest absolute Gasteiger partial charge is 0.326 e. The van der Waals surface area contributed by atoms with Gasteiger partial charge in [-0.3, -0.25) is 14.4 Å². The number of esters is 2. The summed E-state index contributed by atoms with van der Waals surface area (Å²) < 4.78 is 9.72. The number of carbonyl (C=O) groups is 3. The standard InChI is InChI=1S/C15H25NO6/c1-15(2,3)14(20)22-8-21-13(19)11(16)9-4-6-10(7-5-9)12(17)18/h9-11H,4-8,16H2,1-3H3,(H,17,18)/t9-,10-,11?. The maximum Gasteiger partial charge on any atom is 0.326 e. The highest BCUT2D eigenvalue weighted by molar-refractivity contribution is 5.77. The first-order valence-electron chi connectivity index (χ1n) is 7.45. The Labute approximate surface area is 130 Å². The first-order valence-corrected chi connectivity index (χ1v) is 7.45. The van der Waals surface area contributed by atoms with Gasteiger partial charge in [-0.25, -0.2) is 0 Å². The Balaban J connectivity index is 2.34. The van der Waals surface area contributed by atoms with Gasteiger partial charge in [0.25, 0.3) is 0 Å². The maximum atomic E-state index is 11.8. The van der Waals surface area contributed by atoms with E-state index < -0.39 is 36.2 Å². The number of hydrogen-bond acceptors (Lipinski definition) is 6. The second-order valence-corrected chi connectivity index (χ2v) is 6.74. The summed E-state index contributed by atoms with van der Waals surface area (Å²) in [5.41, 5.74) is 5.19. The molecule has 1 saturated carbocycles. The fourth-order valence-corrected chi connectivity index (χ4v) is 2.37. The van der Waals surface area contributed by atoms with Crippen molar-refractivity contribution in [2.45, 2.75) is 52.5 Å². The normalized spacial score (nSPS) is 23.5. The minimum atomic E-state index is -0.817. The highest BCUT2D eigenvalue weighted by Crippen LogP contribution is 2.30. The first-order chi connectivity index (χ1) is 10.1. The van der Waals surface area contributed by atoms with E-state index >= 15 is 0 Å². The van der Waals surface area contributed by atoms with Gasteiger partial charge in [0.05, 0.1) is 11.3 Å². The second-order valence-electron chi connectivity index (χ2n) is 6.74. The predicted octanol–water partition coefficient (Wildman–Crippen LogP) is 1.29. The zero-order valence-electron chi connectivity index (χ0n) is 13.3. The molecule has 0 aliphatic heterocycles. The van der Waals surface area contributed by atoms with E-state index in [-0.39, 0.29) is 11.8 Å². The second kappa shape index (κ2) is 7.58. The molecule has 1 unspecified atom stereocenters. The van der Waals surface area contributed by atoms with Crippen molar-refractivity contribution in [3.8, 4) is 0 Å². The fourth-order valence-electron chi connectivity index (χ4n) is 2.37. The molecule has 1 atom stereocenters. The molecule has 1 rings (SSSR count). The van der Waals surface area contributed by atoms with Crippen LogP contribution in [-0.2, 0) is 23.9 Å². The van der Waals surface area contributed by atoms with Crippen LogP contribution in [0.3, 0.4) is 0 Å². The van der Waals surface area contributed by atoms with Crippen molar-refractivity contribution in [3.05, 3.63) is 0 Å². The van der Waals surface area contributed by atoms with E-state index in [1.165, 1.54) is 0 Å². The summed E-state index contributed by atoms with van der Waals surface area (Å²) in [7, 11) is 0. The number of rotatable bonds is 5. The molecule has 22 heavy (non-hydrogen) atoms. The number of ether oxygens (including phenoxy) is 2. The Morgan fingerprint density at radius 1 is 1.14 bits per heavy atom. The van der Waals surface area contributed by atoms with E-state index in [1.807, 2.05) is 0 Å². The van der Waals surface area contributed by atoms with Crippen molar-refractivity contribution >= 4 is 17.9 Å². The van der Waals surface area contributed by atoms with E-state index in [9.17, 15) is 14.4 Å². The topological polar surface area (TPSA) is 116 Å². The molecule has 1 fully saturated rings. The molecule has 0 saturated heterocycles. The van der Waals surface area contributed by atoms with Gasteiger partial charge in [0.1, 0.15) is 6.04 Å². The third kappa shape index (κ3) is 5.29. The van der Waals surface area contributed by atoms with E-state index in [0.717, 1.165) is 0 Å². The van der Waals surface area contributed by atoms with Crippen molar-refractivity contribution in [1.29, 1.82) is 0 Å². The minimum Gasteiger partial charge on any atom is -0.481 e. The summed E-state index contributed by atoms with van der Waals surface area (Å²) in [5.74, 6) is -2.34. The third-order valence-electron chi connectivity index (χ3n) is 3.90. The summed E-state index contributed by atoms with van der Waals surface area (Å²) in [5, 5.41) is 8.93.